The summed E-state index contributed by atoms with van der Waals surface area (Å²) in [6, 6.07) is 10.8. The molecule has 0 aliphatic heterocycles. The zero-order valence-corrected chi connectivity index (χ0v) is 22.8. The smallest absolute Gasteiger partial charge is 0.277 e. The van der Waals surface area contributed by atoms with Crippen molar-refractivity contribution < 1.29 is 26.8 Å². The number of benzene rings is 2. The van der Waals surface area contributed by atoms with Gasteiger partial charge in [0.05, 0.1) is 17.9 Å². The second-order valence-electron chi connectivity index (χ2n) is 8.58. The molecule has 12 heteroatoms. The highest BCUT2D eigenvalue weighted by molar-refractivity contribution is 14.1. The molecule has 196 valence electrons. The van der Waals surface area contributed by atoms with Gasteiger partial charge in [-0.2, -0.15) is 0 Å². The minimum absolute atomic E-state index is 0.173. The van der Waals surface area contributed by atoms with E-state index in [0.717, 1.165) is 28.2 Å². The van der Waals surface area contributed by atoms with Crippen molar-refractivity contribution in [3.8, 4) is 0 Å². The highest BCUT2D eigenvalue weighted by Crippen LogP contribution is 2.32. The number of anilines is 2. The van der Waals surface area contributed by atoms with Gasteiger partial charge in [-0.3, -0.25) is 14.6 Å². The number of carbonyl (C=O) groups excluding carboxylic acids is 1. The predicted molar refractivity (Wildman–Crippen MR) is 143 cm³/mol. The summed E-state index contributed by atoms with van der Waals surface area (Å²) >= 11 is 2.09. The fourth-order valence-corrected chi connectivity index (χ4v) is 4.90. The Balaban J connectivity index is 1.66. The Morgan fingerprint density at radius 2 is 1.86 bits per heavy atom. The number of aryl methyl sites for hydroxylation is 1. The van der Waals surface area contributed by atoms with Gasteiger partial charge in [0.25, 0.3) is 5.91 Å². The van der Waals surface area contributed by atoms with Crippen LogP contribution in [0.4, 0.5) is 20.2 Å². The van der Waals surface area contributed by atoms with Crippen LogP contribution in [-0.4, -0.2) is 25.9 Å². The van der Waals surface area contributed by atoms with E-state index in [2.05, 4.69) is 43.1 Å². The topological polar surface area (TPSA) is 109 Å². The van der Waals surface area contributed by atoms with Crippen molar-refractivity contribution >= 4 is 49.9 Å². The molecule has 1 heterocycles. The number of carbonyl (C=O) groups is 1. The van der Waals surface area contributed by atoms with Gasteiger partial charge < -0.3 is 5.32 Å². The lowest BCUT2D eigenvalue weighted by Crippen LogP contribution is -2.28. The Kier molecular flexibility index (Phi) is 8.72. The third-order valence-corrected chi connectivity index (χ3v) is 7.83. The molecule has 3 N–H and O–H groups in total. The number of sulfonamides is 1. The van der Waals surface area contributed by atoms with E-state index in [0.29, 0.717) is 23.6 Å². The first kappa shape index (κ1) is 27.4. The fraction of sp³-hybridized carbons (Fsp3) is 0.280. The summed E-state index contributed by atoms with van der Waals surface area (Å²) in [7, 11) is -4.54. The summed E-state index contributed by atoms with van der Waals surface area (Å²) in [5.41, 5.74) is 3.01. The largest absolute Gasteiger partial charge is 0.352 e. The lowest BCUT2D eigenvalue weighted by atomic mass is 10.1. The van der Waals surface area contributed by atoms with Gasteiger partial charge in [0.1, 0.15) is 4.90 Å². The molecule has 1 saturated carbocycles. The maximum absolute atomic E-state index is 15.3. The summed E-state index contributed by atoms with van der Waals surface area (Å²) in [6.07, 6.45) is 4.15. The van der Waals surface area contributed by atoms with Crippen LogP contribution >= 0.6 is 22.6 Å². The van der Waals surface area contributed by atoms with E-state index in [1.165, 1.54) is 6.20 Å². The van der Waals surface area contributed by atoms with Crippen LogP contribution in [0.15, 0.2) is 53.6 Å². The molecule has 1 amide bonds. The Bertz CT molecular complexity index is 1400. The monoisotopic (exact) mass is 642 g/mol. The van der Waals surface area contributed by atoms with Crippen molar-refractivity contribution in [3.63, 3.8) is 0 Å². The van der Waals surface area contributed by atoms with Gasteiger partial charge in [0.15, 0.2) is 11.6 Å². The summed E-state index contributed by atoms with van der Waals surface area (Å²) in [5, 5.41) is 2.69. The van der Waals surface area contributed by atoms with Crippen LogP contribution in [0.3, 0.4) is 0 Å². The molecule has 1 aromatic heterocycles. The van der Waals surface area contributed by atoms with Crippen LogP contribution < -0.4 is 15.5 Å². The summed E-state index contributed by atoms with van der Waals surface area (Å²) in [4.78, 5) is 21.3. The van der Waals surface area contributed by atoms with Crippen LogP contribution in [0.5, 0.6) is 0 Å². The van der Waals surface area contributed by atoms with Crippen molar-refractivity contribution in [2.45, 2.75) is 37.6 Å². The molecule has 0 atom stereocenters. The van der Waals surface area contributed by atoms with Crippen LogP contribution in [0, 0.1) is 21.1 Å². The van der Waals surface area contributed by atoms with E-state index in [9.17, 15) is 13.2 Å². The van der Waals surface area contributed by atoms with Crippen LogP contribution in [-0.2, 0) is 27.8 Å². The number of amides is 1. The van der Waals surface area contributed by atoms with Gasteiger partial charge in [-0.05, 0) is 95.8 Å². The molecule has 0 bridgehead atoms. The van der Waals surface area contributed by atoms with Gasteiger partial charge in [0, 0.05) is 27.7 Å². The molecule has 2 aromatic carbocycles. The number of hydrogen-bond donors (Lipinski definition) is 3. The van der Waals surface area contributed by atoms with E-state index >= 15 is 8.78 Å². The molecule has 0 unspecified atom stereocenters. The number of aromatic nitrogens is 1. The van der Waals surface area contributed by atoms with Crippen LogP contribution in [0.25, 0.3) is 0 Å². The second-order valence-corrected chi connectivity index (χ2v) is 11.6. The third-order valence-electron chi connectivity index (χ3n) is 5.71. The molecule has 1 aliphatic carbocycles. The number of rotatable bonds is 11. The van der Waals surface area contributed by atoms with E-state index in [1.807, 2.05) is 6.92 Å². The standard InChI is InChI=1S/C25H25F2IN4O4S/c1-2-18-11-16(9-10-29-18)13-30-37(34,35)21-12-20(25(33)32-36-14-15-3-4-15)24(23(27)22(21)26)31-19-7-5-17(28)6-8-19/h5-12,15,30-31H,2-4,13-14H2,1H3,(H,32,33). The van der Waals surface area contributed by atoms with Crippen molar-refractivity contribution in [2.24, 2.45) is 5.92 Å². The number of halogens is 3. The van der Waals surface area contributed by atoms with Crippen molar-refractivity contribution in [1.82, 2.24) is 15.2 Å². The first-order chi connectivity index (χ1) is 17.7. The number of nitrogens with zero attached hydrogens (tertiary/aromatic N) is 1. The first-order valence-electron chi connectivity index (χ1n) is 11.6. The molecule has 1 aliphatic rings. The van der Waals surface area contributed by atoms with Crippen molar-refractivity contribution in [3.05, 3.63) is 80.7 Å². The van der Waals surface area contributed by atoms with Gasteiger partial charge in [-0.15, -0.1) is 0 Å². The summed E-state index contributed by atoms with van der Waals surface area (Å²) in [5.74, 6) is -3.70. The normalized spacial score (nSPS) is 13.4. The molecule has 0 spiro atoms. The predicted octanol–water partition coefficient (Wildman–Crippen LogP) is 4.82. The maximum atomic E-state index is 15.3. The minimum atomic E-state index is -4.54. The number of hydroxylamine groups is 1. The van der Waals surface area contributed by atoms with Gasteiger partial charge in [-0.1, -0.05) is 6.92 Å². The van der Waals surface area contributed by atoms with Crippen LogP contribution in [0.1, 0.15) is 41.4 Å². The van der Waals surface area contributed by atoms with Crippen LogP contribution in [0.2, 0.25) is 0 Å². The molecule has 0 radical (unpaired) electrons. The highest BCUT2D eigenvalue weighted by Gasteiger charge is 2.30. The lowest BCUT2D eigenvalue weighted by molar-refractivity contribution is 0.0270. The van der Waals surface area contributed by atoms with Crippen molar-refractivity contribution in [1.29, 1.82) is 0 Å². The summed E-state index contributed by atoms with van der Waals surface area (Å²) < 4.78 is 59.7. The molecule has 8 nitrogen and oxygen atoms in total. The SMILES string of the molecule is CCc1cc(CNS(=O)(=O)c2cc(C(=O)NOCC3CC3)c(Nc3ccc(I)cc3)c(F)c2F)ccn1. The van der Waals surface area contributed by atoms with E-state index in [1.54, 1.807) is 36.4 Å². The number of hydrogen-bond acceptors (Lipinski definition) is 6. The van der Waals surface area contributed by atoms with E-state index in [4.69, 9.17) is 4.84 Å². The quantitative estimate of drug-likeness (QED) is 0.205. The van der Waals surface area contributed by atoms with Gasteiger partial charge >= 0.3 is 0 Å². The molecule has 1 fully saturated rings. The van der Waals surface area contributed by atoms with Gasteiger partial charge in [0.2, 0.25) is 10.0 Å². The minimum Gasteiger partial charge on any atom is -0.352 e. The van der Waals surface area contributed by atoms with Gasteiger partial charge in [-0.25, -0.2) is 27.4 Å². The summed E-state index contributed by atoms with van der Waals surface area (Å²) in [6.45, 7) is 2.00. The highest BCUT2D eigenvalue weighted by atomic mass is 127. The zero-order valence-electron chi connectivity index (χ0n) is 19.9. The first-order valence-corrected chi connectivity index (χ1v) is 14.1. The van der Waals surface area contributed by atoms with Crippen molar-refractivity contribution in [2.75, 3.05) is 11.9 Å². The molecule has 3 aromatic rings. The number of pyridine rings is 1. The number of nitrogens with one attached hydrogen (secondary N) is 3. The zero-order chi connectivity index (χ0) is 26.6. The lowest BCUT2D eigenvalue weighted by Gasteiger charge is -2.17. The Labute approximate surface area is 227 Å². The third kappa shape index (κ3) is 7.00. The van der Waals surface area contributed by atoms with E-state index < -0.39 is 43.7 Å². The van der Waals surface area contributed by atoms with E-state index in [-0.39, 0.29) is 13.2 Å². The molecule has 37 heavy (non-hydrogen) atoms. The second kappa shape index (κ2) is 11.8. The Morgan fingerprint density at radius 1 is 1.14 bits per heavy atom. The Hall–Kier alpha value is -2.68. The average molecular weight is 642 g/mol. The Morgan fingerprint density at radius 3 is 2.54 bits per heavy atom. The molecular formula is C25H25F2IN4O4S. The molecule has 0 saturated heterocycles. The molecule has 4 rings (SSSR count). The maximum Gasteiger partial charge on any atom is 0.277 e. The average Bonchev–Trinajstić information content (AvgIpc) is 3.71. The fourth-order valence-electron chi connectivity index (χ4n) is 3.43. The molecular weight excluding hydrogens is 617 g/mol.